The number of aromatic nitrogens is 2. The van der Waals surface area contributed by atoms with Crippen LogP contribution in [0.2, 0.25) is 0 Å². The summed E-state index contributed by atoms with van der Waals surface area (Å²) in [7, 11) is 3.60. The molecular weight excluding hydrogens is 278 g/mol. The van der Waals surface area contributed by atoms with Crippen LogP contribution >= 0.6 is 11.8 Å². The van der Waals surface area contributed by atoms with Crippen molar-refractivity contribution in [2.24, 2.45) is 14.1 Å². The first-order chi connectivity index (χ1) is 8.81. The van der Waals surface area contributed by atoms with E-state index in [9.17, 15) is 24.5 Å². The molecule has 0 fully saturated rings. The van der Waals surface area contributed by atoms with Gasteiger partial charge in [-0.05, 0) is 0 Å². The molecule has 1 rings (SSSR count). The Bertz CT molecular complexity index is 647. The average molecular weight is 289 g/mol. The van der Waals surface area contributed by atoms with E-state index in [1.807, 2.05) is 0 Å². The Morgan fingerprint density at radius 3 is 2.42 bits per heavy atom. The van der Waals surface area contributed by atoms with Gasteiger partial charge >= 0.3 is 22.9 Å². The minimum atomic E-state index is -1.01. The maximum absolute atomic E-state index is 11.7. The Morgan fingerprint density at radius 2 is 1.95 bits per heavy atom. The summed E-state index contributed by atoms with van der Waals surface area (Å²) in [5.41, 5.74) is -2.46. The lowest BCUT2D eigenvalue weighted by Gasteiger charge is -2.08. The van der Waals surface area contributed by atoms with Crippen LogP contribution in [0.15, 0.2) is 14.6 Å². The quantitative estimate of drug-likeness (QED) is 0.236. The van der Waals surface area contributed by atoms with E-state index in [1.54, 1.807) is 0 Å². The zero-order valence-electron chi connectivity index (χ0n) is 10.4. The lowest BCUT2D eigenvalue weighted by Crippen LogP contribution is -2.39. The van der Waals surface area contributed by atoms with Crippen molar-refractivity contribution in [1.82, 2.24) is 9.13 Å². The molecule has 19 heavy (non-hydrogen) atoms. The van der Waals surface area contributed by atoms with Gasteiger partial charge in [-0.3, -0.25) is 28.8 Å². The molecule has 104 valence electrons. The fourth-order valence-electron chi connectivity index (χ4n) is 1.32. The molecule has 0 saturated heterocycles. The maximum atomic E-state index is 11.7. The molecule has 0 unspecified atom stereocenters. The Labute approximate surface area is 110 Å². The van der Waals surface area contributed by atoms with Crippen molar-refractivity contribution in [3.05, 3.63) is 31.0 Å². The minimum Gasteiger partial charge on any atom is -0.468 e. The molecule has 0 saturated carbocycles. The van der Waals surface area contributed by atoms with Crippen LogP contribution in [0.25, 0.3) is 0 Å². The molecule has 0 aromatic carbocycles. The third-order valence-electron chi connectivity index (χ3n) is 2.33. The number of thioether (sulfide) groups is 1. The highest BCUT2D eigenvalue weighted by Crippen LogP contribution is 2.23. The normalized spacial score (nSPS) is 10.3. The van der Waals surface area contributed by atoms with Crippen molar-refractivity contribution >= 4 is 23.4 Å². The lowest BCUT2D eigenvalue weighted by atomic mass is 10.5. The van der Waals surface area contributed by atoms with Crippen LogP contribution in [0.1, 0.15) is 0 Å². The summed E-state index contributed by atoms with van der Waals surface area (Å²) in [4.78, 5) is 44.4. The van der Waals surface area contributed by atoms with Gasteiger partial charge in [0.15, 0.2) is 5.03 Å². The smallest absolute Gasteiger partial charge is 0.364 e. The number of rotatable bonds is 4. The summed E-state index contributed by atoms with van der Waals surface area (Å²) >= 11 is 0.705. The van der Waals surface area contributed by atoms with Crippen LogP contribution in [-0.4, -0.2) is 32.9 Å². The molecule has 9 nitrogen and oxygen atoms in total. The number of hydrogen-bond acceptors (Lipinski definition) is 7. The molecule has 0 amide bonds. The number of carbonyl (C=O) groups is 1. The van der Waals surface area contributed by atoms with Gasteiger partial charge in [0.05, 0.1) is 17.8 Å². The van der Waals surface area contributed by atoms with E-state index >= 15 is 0 Å². The van der Waals surface area contributed by atoms with Crippen LogP contribution in [0.4, 0.5) is 5.69 Å². The van der Waals surface area contributed by atoms with Gasteiger partial charge < -0.3 is 4.74 Å². The van der Waals surface area contributed by atoms with Crippen molar-refractivity contribution < 1.29 is 14.5 Å². The lowest BCUT2D eigenvalue weighted by molar-refractivity contribution is -0.390. The molecule has 0 N–H and O–H groups in total. The first-order valence-corrected chi connectivity index (χ1v) is 5.93. The van der Waals surface area contributed by atoms with Gasteiger partial charge in [0, 0.05) is 14.1 Å². The number of nitro groups is 1. The summed E-state index contributed by atoms with van der Waals surface area (Å²) < 4.78 is 5.99. The predicted octanol–water partition coefficient (Wildman–Crippen LogP) is -0.743. The topological polar surface area (TPSA) is 113 Å². The van der Waals surface area contributed by atoms with Crippen molar-refractivity contribution in [2.75, 3.05) is 12.9 Å². The Hall–Kier alpha value is -2.10. The fraction of sp³-hybridized carbons (Fsp3) is 0.444. The molecule has 0 aliphatic rings. The van der Waals surface area contributed by atoms with E-state index in [0.29, 0.717) is 16.3 Å². The highest BCUT2D eigenvalue weighted by molar-refractivity contribution is 8.00. The second-order valence-electron chi connectivity index (χ2n) is 3.48. The minimum absolute atomic E-state index is 0.177. The number of esters is 1. The second kappa shape index (κ2) is 5.69. The van der Waals surface area contributed by atoms with Gasteiger partial charge in [-0.25, -0.2) is 4.79 Å². The van der Waals surface area contributed by atoms with E-state index in [1.165, 1.54) is 14.2 Å². The monoisotopic (exact) mass is 289 g/mol. The van der Waals surface area contributed by atoms with E-state index < -0.39 is 27.8 Å². The molecule has 1 aromatic heterocycles. The molecule has 0 aliphatic heterocycles. The van der Waals surface area contributed by atoms with Gasteiger partial charge in [-0.2, -0.15) is 0 Å². The van der Waals surface area contributed by atoms with E-state index in [2.05, 4.69) is 4.74 Å². The standard InChI is InChI=1S/C9H11N3O6S/c1-10-7(14)6(12(16)17)8(11(2)9(10)15)19-4-5(13)18-3/h4H2,1-3H3. The van der Waals surface area contributed by atoms with Gasteiger partial charge in [-0.1, -0.05) is 11.8 Å². The largest absolute Gasteiger partial charge is 0.468 e. The summed E-state index contributed by atoms with van der Waals surface area (Å²) in [5.74, 6) is -0.856. The molecule has 1 aromatic rings. The first kappa shape index (κ1) is 15.0. The van der Waals surface area contributed by atoms with Crippen LogP contribution in [0.5, 0.6) is 0 Å². The molecule has 0 radical (unpaired) electrons. The number of nitrogens with zero attached hydrogens (tertiary/aromatic N) is 3. The van der Waals surface area contributed by atoms with Crippen LogP contribution in [0, 0.1) is 10.1 Å². The maximum Gasteiger partial charge on any atom is 0.364 e. The van der Waals surface area contributed by atoms with Crippen LogP contribution in [-0.2, 0) is 23.6 Å². The Morgan fingerprint density at radius 1 is 1.37 bits per heavy atom. The van der Waals surface area contributed by atoms with Crippen molar-refractivity contribution in [1.29, 1.82) is 0 Å². The van der Waals surface area contributed by atoms with Gasteiger partial charge in [-0.15, -0.1) is 0 Å². The fourth-order valence-corrected chi connectivity index (χ4v) is 2.26. The van der Waals surface area contributed by atoms with Crippen LogP contribution < -0.4 is 11.2 Å². The molecular formula is C9H11N3O6S. The highest BCUT2D eigenvalue weighted by atomic mass is 32.2. The van der Waals surface area contributed by atoms with Crippen molar-refractivity contribution in [3.8, 4) is 0 Å². The molecule has 0 bridgehead atoms. The molecule has 1 heterocycles. The SMILES string of the molecule is COC(=O)CSc1c([N+](=O)[O-])c(=O)n(C)c(=O)n1C. The third-order valence-corrected chi connectivity index (χ3v) is 3.45. The summed E-state index contributed by atoms with van der Waals surface area (Å²) in [5, 5.41) is 10.7. The number of hydrogen-bond donors (Lipinski definition) is 0. The molecule has 10 heteroatoms. The molecule has 0 atom stereocenters. The van der Waals surface area contributed by atoms with E-state index in [0.717, 1.165) is 11.6 Å². The predicted molar refractivity (Wildman–Crippen MR) is 66.3 cm³/mol. The number of ether oxygens (including phenoxy) is 1. The molecule has 0 aliphatic carbocycles. The summed E-state index contributed by atoms with van der Waals surface area (Å²) in [6.07, 6.45) is 0. The summed E-state index contributed by atoms with van der Waals surface area (Å²) in [6.45, 7) is 0. The van der Waals surface area contributed by atoms with Gasteiger partial charge in [0.1, 0.15) is 0 Å². The van der Waals surface area contributed by atoms with Gasteiger partial charge in [0.25, 0.3) is 0 Å². The average Bonchev–Trinajstić information content (AvgIpc) is 2.37. The third kappa shape index (κ3) is 2.84. The second-order valence-corrected chi connectivity index (χ2v) is 4.45. The van der Waals surface area contributed by atoms with Crippen LogP contribution in [0.3, 0.4) is 0 Å². The Kier molecular flexibility index (Phi) is 4.48. The zero-order chi connectivity index (χ0) is 14.7. The molecule has 0 spiro atoms. The summed E-state index contributed by atoms with van der Waals surface area (Å²) in [6, 6.07) is 0. The highest BCUT2D eigenvalue weighted by Gasteiger charge is 2.26. The van der Waals surface area contributed by atoms with Crippen molar-refractivity contribution in [3.63, 3.8) is 0 Å². The van der Waals surface area contributed by atoms with Crippen molar-refractivity contribution in [2.45, 2.75) is 5.03 Å². The van der Waals surface area contributed by atoms with E-state index in [4.69, 9.17) is 0 Å². The Balaban J connectivity index is 3.44. The van der Waals surface area contributed by atoms with E-state index in [-0.39, 0.29) is 10.8 Å². The van der Waals surface area contributed by atoms with Gasteiger partial charge in [0.2, 0.25) is 0 Å². The zero-order valence-corrected chi connectivity index (χ0v) is 11.2. The number of carbonyl (C=O) groups excluding carboxylic acids is 1. The number of methoxy groups -OCH3 is 1. The first-order valence-electron chi connectivity index (χ1n) is 4.95.